The van der Waals surface area contributed by atoms with Gasteiger partial charge in [-0.25, -0.2) is 9.97 Å². The van der Waals surface area contributed by atoms with Crippen molar-refractivity contribution in [1.82, 2.24) is 19.9 Å². The Labute approximate surface area is 95.9 Å². The molecular formula is C9H8N6O2. The molecule has 2 heterocycles. The van der Waals surface area contributed by atoms with Crippen molar-refractivity contribution < 1.29 is 4.92 Å². The van der Waals surface area contributed by atoms with E-state index in [1.807, 2.05) is 0 Å². The minimum Gasteiger partial charge on any atom is -0.357 e. The van der Waals surface area contributed by atoms with Crippen LogP contribution < -0.4 is 5.32 Å². The summed E-state index contributed by atoms with van der Waals surface area (Å²) < 4.78 is 0. The summed E-state index contributed by atoms with van der Waals surface area (Å²) in [5.41, 5.74) is 0.269. The summed E-state index contributed by atoms with van der Waals surface area (Å²) in [5.74, 6) is 0.288. The average molecular weight is 232 g/mol. The highest BCUT2D eigenvalue weighted by Gasteiger charge is 2.19. The molecule has 0 saturated carbocycles. The molecule has 2 rings (SSSR count). The molecule has 2 aromatic heterocycles. The van der Waals surface area contributed by atoms with Crippen LogP contribution in [0.5, 0.6) is 0 Å². The summed E-state index contributed by atoms with van der Waals surface area (Å²) in [7, 11) is 1.63. The van der Waals surface area contributed by atoms with Gasteiger partial charge in [0.15, 0.2) is 5.69 Å². The van der Waals surface area contributed by atoms with Crippen LogP contribution in [0.1, 0.15) is 0 Å². The van der Waals surface area contributed by atoms with Crippen molar-refractivity contribution in [1.29, 1.82) is 0 Å². The van der Waals surface area contributed by atoms with E-state index < -0.39 is 4.92 Å². The molecule has 0 aromatic carbocycles. The van der Waals surface area contributed by atoms with Crippen LogP contribution in [0.15, 0.2) is 24.8 Å². The lowest BCUT2D eigenvalue weighted by atomic mass is 10.2. The monoisotopic (exact) mass is 232 g/mol. The molecule has 86 valence electrons. The second-order valence-corrected chi connectivity index (χ2v) is 3.03. The van der Waals surface area contributed by atoms with Crippen molar-refractivity contribution in [3.05, 3.63) is 34.9 Å². The van der Waals surface area contributed by atoms with E-state index >= 15 is 0 Å². The van der Waals surface area contributed by atoms with Gasteiger partial charge in [0.25, 0.3) is 0 Å². The molecule has 0 amide bonds. The van der Waals surface area contributed by atoms with Crippen LogP contribution in [-0.2, 0) is 0 Å². The predicted octanol–water partition coefficient (Wildman–Crippen LogP) is 0.883. The minimum atomic E-state index is -0.552. The average Bonchev–Trinajstić information content (AvgIpc) is 2.39. The lowest BCUT2D eigenvalue weighted by molar-refractivity contribution is -0.384. The van der Waals surface area contributed by atoms with Crippen LogP contribution in [0, 0.1) is 10.1 Å². The van der Waals surface area contributed by atoms with E-state index in [2.05, 4.69) is 25.3 Å². The first-order valence-electron chi connectivity index (χ1n) is 4.68. The van der Waals surface area contributed by atoms with E-state index in [0.717, 1.165) is 6.20 Å². The third kappa shape index (κ3) is 2.14. The SMILES string of the molecule is CNc1ncc([N+](=O)[O-])c(-c2cnccn2)n1. The number of rotatable bonds is 3. The third-order valence-electron chi connectivity index (χ3n) is 2.00. The van der Waals surface area contributed by atoms with Gasteiger partial charge in [-0.2, -0.15) is 0 Å². The maximum atomic E-state index is 10.9. The largest absolute Gasteiger partial charge is 0.357 e. The quantitative estimate of drug-likeness (QED) is 0.618. The fourth-order valence-corrected chi connectivity index (χ4v) is 1.24. The predicted molar refractivity (Wildman–Crippen MR) is 59.3 cm³/mol. The number of nitrogens with one attached hydrogen (secondary N) is 1. The zero-order chi connectivity index (χ0) is 12.3. The number of aromatic nitrogens is 4. The Morgan fingerprint density at radius 1 is 1.29 bits per heavy atom. The maximum Gasteiger partial charge on any atom is 0.315 e. The first-order chi connectivity index (χ1) is 8.22. The summed E-state index contributed by atoms with van der Waals surface area (Å²) in [5, 5.41) is 13.6. The highest BCUT2D eigenvalue weighted by Crippen LogP contribution is 2.25. The third-order valence-corrected chi connectivity index (χ3v) is 2.00. The van der Waals surface area contributed by atoms with E-state index in [9.17, 15) is 10.1 Å². The molecule has 17 heavy (non-hydrogen) atoms. The zero-order valence-corrected chi connectivity index (χ0v) is 8.86. The number of hydrogen-bond donors (Lipinski definition) is 1. The zero-order valence-electron chi connectivity index (χ0n) is 8.86. The molecule has 0 atom stereocenters. The molecule has 1 N–H and O–H groups in total. The van der Waals surface area contributed by atoms with E-state index in [0.29, 0.717) is 5.69 Å². The summed E-state index contributed by atoms with van der Waals surface area (Å²) in [6.07, 6.45) is 5.48. The Kier molecular flexibility index (Phi) is 2.86. The molecule has 8 heteroatoms. The number of nitro groups is 1. The summed E-state index contributed by atoms with van der Waals surface area (Å²) in [4.78, 5) is 25.9. The van der Waals surface area contributed by atoms with Gasteiger partial charge < -0.3 is 5.32 Å². The van der Waals surface area contributed by atoms with Gasteiger partial charge in [0.05, 0.1) is 11.1 Å². The molecule has 0 aliphatic rings. The van der Waals surface area contributed by atoms with Gasteiger partial charge in [0.1, 0.15) is 11.9 Å². The fourth-order valence-electron chi connectivity index (χ4n) is 1.24. The fraction of sp³-hybridized carbons (Fsp3) is 0.111. The normalized spacial score (nSPS) is 9.94. The van der Waals surface area contributed by atoms with Gasteiger partial charge in [-0.1, -0.05) is 0 Å². The molecule has 2 aromatic rings. The van der Waals surface area contributed by atoms with Crippen LogP contribution in [0.3, 0.4) is 0 Å². The van der Waals surface area contributed by atoms with Gasteiger partial charge in [0.2, 0.25) is 5.95 Å². The Hall–Kier alpha value is -2.64. The van der Waals surface area contributed by atoms with Crippen LogP contribution in [-0.4, -0.2) is 31.9 Å². The molecule has 0 radical (unpaired) electrons. The van der Waals surface area contributed by atoms with E-state index in [1.54, 1.807) is 7.05 Å². The summed E-state index contributed by atoms with van der Waals surface area (Å²) in [6.45, 7) is 0. The van der Waals surface area contributed by atoms with Gasteiger partial charge in [-0.05, 0) is 0 Å². The summed E-state index contributed by atoms with van der Waals surface area (Å²) >= 11 is 0. The molecule has 0 fully saturated rings. The van der Waals surface area contributed by atoms with Gasteiger partial charge >= 0.3 is 5.69 Å². The second-order valence-electron chi connectivity index (χ2n) is 3.03. The van der Waals surface area contributed by atoms with Crippen LogP contribution in [0.2, 0.25) is 0 Å². The van der Waals surface area contributed by atoms with Crippen molar-refractivity contribution in [2.45, 2.75) is 0 Å². The van der Waals surface area contributed by atoms with Crippen molar-refractivity contribution >= 4 is 11.6 Å². The lowest BCUT2D eigenvalue weighted by Crippen LogP contribution is -2.02. The second kappa shape index (κ2) is 4.47. The van der Waals surface area contributed by atoms with Gasteiger partial charge in [0, 0.05) is 19.4 Å². The lowest BCUT2D eigenvalue weighted by Gasteiger charge is -2.03. The van der Waals surface area contributed by atoms with Crippen molar-refractivity contribution in [2.75, 3.05) is 12.4 Å². The Bertz CT molecular complexity index is 544. The first kappa shape index (κ1) is 10.9. The molecule has 8 nitrogen and oxygen atoms in total. The first-order valence-corrected chi connectivity index (χ1v) is 4.68. The molecular weight excluding hydrogens is 224 g/mol. The standard InChI is InChI=1S/C9H8N6O2/c1-10-9-13-5-7(15(16)17)8(14-9)6-4-11-2-3-12-6/h2-5H,1H3,(H,10,13,14). The van der Waals surface area contributed by atoms with Gasteiger partial charge in [-0.3, -0.25) is 20.1 Å². The van der Waals surface area contributed by atoms with Crippen LogP contribution >= 0.6 is 0 Å². The Morgan fingerprint density at radius 3 is 2.71 bits per heavy atom. The molecule has 0 bridgehead atoms. The minimum absolute atomic E-state index is 0.141. The molecule has 0 aliphatic heterocycles. The van der Waals surface area contributed by atoms with Gasteiger partial charge in [-0.15, -0.1) is 0 Å². The maximum absolute atomic E-state index is 10.9. The molecule has 0 unspecified atom stereocenters. The Morgan fingerprint density at radius 2 is 2.12 bits per heavy atom. The highest BCUT2D eigenvalue weighted by atomic mass is 16.6. The van der Waals surface area contributed by atoms with Crippen molar-refractivity contribution in [2.24, 2.45) is 0 Å². The topological polar surface area (TPSA) is 107 Å². The Balaban J connectivity index is 2.61. The van der Waals surface area contributed by atoms with E-state index in [1.165, 1.54) is 18.6 Å². The number of hydrogen-bond acceptors (Lipinski definition) is 7. The summed E-state index contributed by atoms with van der Waals surface area (Å²) in [6, 6.07) is 0. The number of nitrogens with zero attached hydrogens (tertiary/aromatic N) is 5. The van der Waals surface area contributed by atoms with Crippen molar-refractivity contribution in [3.8, 4) is 11.4 Å². The highest BCUT2D eigenvalue weighted by molar-refractivity contribution is 5.65. The van der Waals surface area contributed by atoms with E-state index in [-0.39, 0.29) is 17.3 Å². The molecule has 0 aliphatic carbocycles. The molecule has 0 saturated heterocycles. The van der Waals surface area contributed by atoms with Crippen molar-refractivity contribution in [3.63, 3.8) is 0 Å². The van der Waals surface area contributed by atoms with Crippen LogP contribution in [0.25, 0.3) is 11.4 Å². The molecule has 0 spiro atoms. The van der Waals surface area contributed by atoms with Crippen LogP contribution in [0.4, 0.5) is 11.6 Å². The number of anilines is 1. The van der Waals surface area contributed by atoms with E-state index in [4.69, 9.17) is 0 Å². The smallest absolute Gasteiger partial charge is 0.315 e.